The molecule has 0 aromatic heterocycles. The van der Waals surface area contributed by atoms with Crippen molar-refractivity contribution in [2.45, 2.75) is 19.4 Å². The van der Waals surface area contributed by atoms with Gasteiger partial charge in [0.15, 0.2) is 0 Å². The van der Waals surface area contributed by atoms with Crippen LogP contribution in [-0.4, -0.2) is 56.8 Å². The first-order chi connectivity index (χ1) is 10.6. The first kappa shape index (κ1) is 17.1. The lowest BCUT2D eigenvalue weighted by Crippen LogP contribution is -2.48. The van der Waals surface area contributed by atoms with Crippen LogP contribution in [0.3, 0.4) is 0 Å². The molecule has 1 fully saturated rings. The lowest BCUT2D eigenvalue weighted by Gasteiger charge is -2.29. The third-order valence-electron chi connectivity index (χ3n) is 3.58. The molecule has 0 radical (unpaired) electrons. The standard InChI is InChI=1S/C16H23ClN2O3/c1-3-21-14-5-4-13(17)10-12(14)6-7-18-16(20)15-11-19(2)8-9-22-15/h4-5,10,15H,3,6-9,11H2,1-2H3,(H,18,20). The average molecular weight is 327 g/mol. The van der Waals surface area contributed by atoms with E-state index < -0.39 is 0 Å². The van der Waals surface area contributed by atoms with E-state index in [9.17, 15) is 4.79 Å². The van der Waals surface area contributed by atoms with Crippen LogP contribution in [0.15, 0.2) is 18.2 Å². The van der Waals surface area contributed by atoms with Gasteiger partial charge in [0.2, 0.25) is 5.91 Å². The normalized spacial score (nSPS) is 19.0. The van der Waals surface area contributed by atoms with Gasteiger partial charge < -0.3 is 19.7 Å². The van der Waals surface area contributed by atoms with Gasteiger partial charge in [0.05, 0.1) is 13.2 Å². The molecule has 1 unspecified atom stereocenters. The summed E-state index contributed by atoms with van der Waals surface area (Å²) in [6, 6.07) is 5.55. The number of hydrogen-bond acceptors (Lipinski definition) is 4. The summed E-state index contributed by atoms with van der Waals surface area (Å²) in [7, 11) is 1.99. The molecule has 0 saturated carbocycles. The summed E-state index contributed by atoms with van der Waals surface area (Å²) in [5.41, 5.74) is 0.997. The van der Waals surface area contributed by atoms with E-state index in [4.69, 9.17) is 21.1 Å². The Morgan fingerprint density at radius 3 is 3.09 bits per heavy atom. The van der Waals surface area contributed by atoms with Crippen LogP contribution in [0.1, 0.15) is 12.5 Å². The second-order valence-corrected chi connectivity index (χ2v) is 5.78. The lowest BCUT2D eigenvalue weighted by atomic mass is 10.1. The molecule has 1 N–H and O–H groups in total. The summed E-state index contributed by atoms with van der Waals surface area (Å²) in [5.74, 6) is 0.751. The summed E-state index contributed by atoms with van der Waals surface area (Å²) < 4.78 is 11.1. The Balaban J connectivity index is 1.85. The van der Waals surface area contributed by atoms with Crippen LogP contribution in [0, 0.1) is 0 Å². The van der Waals surface area contributed by atoms with Gasteiger partial charge in [-0.2, -0.15) is 0 Å². The Bertz CT molecular complexity index is 510. The number of hydrogen-bond donors (Lipinski definition) is 1. The fraction of sp³-hybridized carbons (Fsp3) is 0.562. The number of likely N-dealkylation sites (N-methyl/N-ethyl adjacent to an activating group) is 1. The molecule has 1 heterocycles. The summed E-state index contributed by atoms with van der Waals surface area (Å²) in [5, 5.41) is 3.59. The Morgan fingerprint density at radius 1 is 1.55 bits per heavy atom. The fourth-order valence-electron chi connectivity index (χ4n) is 2.41. The van der Waals surface area contributed by atoms with Crippen LogP contribution in [0.2, 0.25) is 5.02 Å². The Kier molecular flexibility index (Phi) is 6.49. The Morgan fingerprint density at radius 2 is 2.36 bits per heavy atom. The van der Waals surface area contributed by atoms with Gasteiger partial charge in [0.1, 0.15) is 11.9 Å². The number of nitrogens with one attached hydrogen (secondary N) is 1. The molecule has 6 heteroatoms. The smallest absolute Gasteiger partial charge is 0.250 e. The van der Waals surface area contributed by atoms with E-state index >= 15 is 0 Å². The zero-order chi connectivity index (χ0) is 15.9. The summed E-state index contributed by atoms with van der Waals surface area (Å²) in [6.07, 6.45) is 0.286. The number of benzene rings is 1. The topological polar surface area (TPSA) is 50.8 Å². The number of ether oxygens (including phenoxy) is 2. The second-order valence-electron chi connectivity index (χ2n) is 5.35. The third-order valence-corrected chi connectivity index (χ3v) is 3.81. The monoisotopic (exact) mass is 326 g/mol. The maximum Gasteiger partial charge on any atom is 0.250 e. The highest BCUT2D eigenvalue weighted by Crippen LogP contribution is 2.23. The molecule has 1 aliphatic rings. The van der Waals surface area contributed by atoms with E-state index in [2.05, 4.69) is 10.2 Å². The van der Waals surface area contributed by atoms with E-state index in [0.717, 1.165) is 17.9 Å². The minimum Gasteiger partial charge on any atom is -0.494 e. The van der Waals surface area contributed by atoms with Crippen molar-refractivity contribution in [1.29, 1.82) is 0 Å². The quantitative estimate of drug-likeness (QED) is 0.865. The maximum atomic E-state index is 12.1. The predicted molar refractivity (Wildman–Crippen MR) is 86.6 cm³/mol. The number of nitrogens with zero attached hydrogens (tertiary/aromatic N) is 1. The Labute approximate surface area is 136 Å². The van der Waals surface area contributed by atoms with Gasteiger partial charge in [-0.3, -0.25) is 4.79 Å². The number of rotatable bonds is 6. The van der Waals surface area contributed by atoms with Crippen molar-refractivity contribution in [3.8, 4) is 5.75 Å². The van der Waals surface area contributed by atoms with Gasteiger partial charge in [0, 0.05) is 24.7 Å². The molecule has 0 spiro atoms. The molecule has 1 aliphatic heterocycles. The first-order valence-corrected chi connectivity index (χ1v) is 7.97. The van der Waals surface area contributed by atoms with Crippen LogP contribution < -0.4 is 10.1 Å². The highest BCUT2D eigenvalue weighted by Gasteiger charge is 2.24. The van der Waals surface area contributed by atoms with Crippen molar-refractivity contribution in [1.82, 2.24) is 10.2 Å². The van der Waals surface area contributed by atoms with E-state index in [-0.39, 0.29) is 12.0 Å². The zero-order valence-electron chi connectivity index (χ0n) is 13.1. The van der Waals surface area contributed by atoms with Crippen molar-refractivity contribution in [2.75, 3.05) is 39.9 Å². The zero-order valence-corrected chi connectivity index (χ0v) is 13.9. The lowest BCUT2D eigenvalue weighted by molar-refractivity contribution is -0.137. The summed E-state index contributed by atoms with van der Waals surface area (Å²) in [6.45, 7) is 5.16. The number of carbonyl (C=O) groups excluding carboxylic acids is 1. The van der Waals surface area contributed by atoms with E-state index in [0.29, 0.717) is 37.7 Å². The van der Waals surface area contributed by atoms with Crippen molar-refractivity contribution in [2.24, 2.45) is 0 Å². The molecule has 0 aliphatic carbocycles. The minimum absolute atomic E-state index is 0.0634. The van der Waals surface area contributed by atoms with E-state index in [1.807, 2.05) is 26.1 Å². The van der Waals surface area contributed by atoms with E-state index in [1.165, 1.54) is 0 Å². The maximum absolute atomic E-state index is 12.1. The van der Waals surface area contributed by atoms with Gasteiger partial charge in [0.25, 0.3) is 0 Å². The number of halogens is 1. The molecule has 5 nitrogen and oxygen atoms in total. The second kappa shape index (κ2) is 8.36. The molecule has 1 amide bonds. The van der Waals surface area contributed by atoms with Crippen LogP contribution in [0.5, 0.6) is 5.75 Å². The molecule has 1 atom stereocenters. The SMILES string of the molecule is CCOc1ccc(Cl)cc1CCNC(=O)C1CN(C)CCO1. The molecule has 2 rings (SSSR count). The van der Waals surface area contributed by atoms with Crippen LogP contribution in [-0.2, 0) is 16.0 Å². The van der Waals surface area contributed by atoms with Crippen LogP contribution in [0.4, 0.5) is 0 Å². The van der Waals surface area contributed by atoms with Crippen LogP contribution >= 0.6 is 11.6 Å². The average Bonchev–Trinajstić information content (AvgIpc) is 2.50. The van der Waals surface area contributed by atoms with Gasteiger partial charge in [-0.25, -0.2) is 0 Å². The summed E-state index contributed by atoms with van der Waals surface area (Å²) >= 11 is 6.03. The van der Waals surface area contributed by atoms with Crippen molar-refractivity contribution in [3.63, 3.8) is 0 Å². The molecular weight excluding hydrogens is 304 g/mol. The molecular formula is C16H23ClN2O3. The largest absolute Gasteiger partial charge is 0.494 e. The van der Waals surface area contributed by atoms with Crippen molar-refractivity contribution in [3.05, 3.63) is 28.8 Å². The highest BCUT2D eigenvalue weighted by molar-refractivity contribution is 6.30. The number of carbonyl (C=O) groups is 1. The fourth-order valence-corrected chi connectivity index (χ4v) is 2.61. The molecule has 1 aromatic carbocycles. The van der Waals surface area contributed by atoms with Crippen LogP contribution in [0.25, 0.3) is 0 Å². The Hall–Kier alpha value is -1.30. The number of amides is 1. The van der Waals surface area contributed by atoms with Gasteiger partial charge in [-0.1, -0.05) is 11.6 Å². The van der Waals surface area contributed by atoms with Gasteiger partial charge in [-0.15, -0.1) is 0 Å². The van der Waals surface area contributed by atoms with Gasteiger partial charge >= 0.3 is 0 Å². The molecule has 0 bridgehead atoms. The molecule has 22 heavy (non-hydrogen) atoms. The van der Waals surface area contributed by atoms with Crippen molar-refractivity contribution >= 4 is 17.5 Å². The summed E-state index contributed by atoms with van der Waals surface area (Å²) in [4.78, 5) is 14.2. The predicted octanol–water partition coefficient (Wildman–Crippen LogP) is 1.73. The van der Waals surface area contributed by atoms with Gasteiger partial charge in [-0.05, 0) is 44.2 Å². The molecule has 122 valence electrons. The third kappa shape index (κ3) is 4.87. The minimum atomic E-state index is -0.385. The molecule has 1 saturated heterocycles. The van der Waals surface area contributed by atoms with E-state index in [1.54, 1.807) is 6.07 Å². The highest BCUT2D eigenvalue weighted by atomic mass is 35.5. The number of morpholine rings is 1. The van der Waals surface area contributed by atoms with Crippen molar-refractivity contribution < 1.29 is 14.3 Å². The first-order valence-electron chi connectivity index (χ1n) is 7.59. The molecule has 1 aromatic rings.